The minimum Gasteiger partial charge on any atom is -0.496 e. The van der Waals surface area contributed by atoms with Gasteiger partial charge in [0.25, 0.3) is 0 Å². The Labute approximate surface area is 200 Å². The SMILES string of the molecule is COc1ccccc1-c1ccc(N2CCC[C@H](NC(=O)Nc3ccc(C(F)(F)F)cc3)C2=O)cc1. The van der Waals surface area contributed by atoms with Crippen molar-refractivity contribution in [3.63, 3.8) is 0 Å². The Morgan fingerprint density at radius 1 is 1.00 bits per heavy atom. The molecule has 1 saturated heterocycles. The van der Waals surface area contributed by atoms with Crippen molar-refractivity contribution >= 4 is 23.3 Å². The number of hydrogen-bond donors (Lipinski definition) is 2. The molecule has 0 aromatic heterocycles. The molecule has 6 nitrogen and oxygen atoms in total. The van der Waals surface area contributed by atoms with Gasteiger partial charge in [-0.2, -0.15) is 13.2 Å². The molecule has 4 rings (SSSR count). The number of ether oxygens (including phenoxy) is 1. The second-order valence-corrected chi connectivity index (χ2v) is 8.11. The molecule has 0 unspecified atom stereocenters. The zero-order chi connectivity index (χ0) is 25.0. The van der Waals surface area contributed by atoms with E-state index in [1.807, 2.05) is 48.5 Å². The number of halogens is 3. The second-order valence-electron chi connectivity index (χ2n) is 8.11. The number of amides is 3. The molecule has 1 atom stereocenters. The molecule has 0 saturated carbocycles. The monoisotopic (exact) mass is 483 g/mol. The predicted molar refractivity (Wildman–Crippen MR) is 127 cm³/mol. The van der Waals surface area contributed by atoms with Crippen molar-refractivity contribution in [1.29, 1.82) is 0 Å². The molecule has 0 spiro atoms. The van der Waals surface area contributed by atoms with Crippen molar-refractivity contribution < 1.29 is 27.5 Å². The van der Waals surface area contributed by atoms with Gasteiger partial charge in [-0.15, -0.1) is 0 Å². The van der Waals surface area contributed by atoms with E-state index in [0.29, 0.717) is 25.1 Å². The molecule has 2 N–H and O–H groups in total. The summed E-state index contributed by atoms with van der Waals surface area (Å²) < 4.78 is 43.5. The first-order chi connectivity index (χ1) is 16.8. The van der Waals surface area contributed by atoms with Crippen molar-refractivity contribution in [1.82, 2.24) is 5.32 Å². The molecule has 3 amide bonds. The summed E-state index contributed by atoms with van der Waals surface area (Å²) in [6, 6.07) is 17.9. The molecule has 0 radical (unpaired) electrons. The van der Waals surface area contributed by atoms with E-state index in [1.54, 1.807) is 12.0 Å². The van der Waals surface area contributed by atoms with E-state index in [0.717, 1.165) is 29.0 Å². The summed E-state index contributed by atoms with van der Waals surface area (Å²) in [5.41, 5.74) is 1.98. The highest BCUT2D eigenvalue weighted by Gasteiger charge is 2.32. The summed E-state index contributed by atoms with van der Waals surface area (Å²) in [5.74, 6) is 0.501. The number of urea groups is 1. The Balaban J connectivity index is 1.40. The maximum atomic E-state index is 13.1. The highest BCUT2D eigenvalue weighted by atomic mass is 19.4. The summed E-state index contributed by atoms with van der Waals surface area (Å²) in [5, 5.41) is 5.11. The fraction of sp³-hybridized carbons (Fsp3) is 0.231. The van der Waals surface area contributed by atoms with E-state index >= 15 is 0 Å². The molecule has 1 fully saturated rings. The van der Waals surface area contributed by atoms with Crippen LogP contribution in [0.25, 0.3) is 11.1 Å². The summed E-state index contributed by atoms with van der Waals surface area (Å²) in [6.07, 6.45) is -3.30. The maximum Gasteiger partial charge on any atom is 0.416 e. The standard InChI is InChI=1S/C26H24F3N3O3/c1-35-23-7-3-2-5-21(23)17-8-14-20(15-9-17)32-16-4-6-22(24(32)33)31-25(34)30-19-12-10-18(11-13-19)26(27,28)29/h2-3,5,7-15,22H,4,6,16H2,1H3,(H2,30,31,34)/t22-/m0/s1. The lowest BCUT2D eigenvalue weighted by Crippen LogP contribution is -2.53. The van der Waals surface area contributed by atoms with E-state index < -0.39 is 23.8 Å². The third-order valence-electron chi connectivity index (χ3n) is 5.81. The largest absolute Gasteiger partial charge is 0.496 e. The number of benzene rings is 3. The number of nitrogens with one attached hydrogen (secondary N) is 2. The van der Waals surface area contributed by atoms with Gasteiger partial charge in [0.2, 0.25) is 5.91 Å². The predicted octanol–water partition coefficient (Wildman–Crippen LogP) is 5.70. The Morgan fingerprint density at radius 3 is 2.34 bits per heavy atom. The van der Waals surface area contributed by atoms with Crippen molar-refractivity contribution in [2.45, 2.75) is 25.1 Å². The first-order valence-electron chi connectivity index (χ1n) is 11.1. The molecule has 3 aromatic rings. The van der Waals surface area contributed by atoms with Crippen LogP contribution >= 0.6 is 0 Å². The first kappa shape index (κ1) is 24.1. The molecule has 0 aliphatic carbocycles. The molecular weight excluding hydrogens is 459 g/mol. The highest BCUT2D eigenvalue weighted by Crippen LogP contribution is 2.32. The fourth-order valence-corrected chi connectivity index (χ4v) is 4.04. The summed E-state index contributed by atoms with van der Waals surface area (Å²) in [6.45, 7) is 0.519. The van der Waals surface area contributed by atoms with E-state index in [4.69, 9.17) is 4.74 Å². The topological polar surface area (TPSA) is 70.7 Å². The molecule has 1 aliphatic heterocycles. The molecule has 35 heavy (non-hydrogen) atoms. The first-order valence-corrected chi connectivity index (χ1v) is 11.1. The minimum atomic E-state index is -4.45. The number of rotatable bonds is 5. The number of carbonyl (C=O) groups is 2. The van der Waals surface area contributed by atoms with Gasteiger partial charge in [0.15, 0.2) is 0 Å². The van der Waals surface area contributed by atoms with Gasteiger partial charge in [0.1, 0.15) is 11.8 Å². The third kappa shape index (κ3) is 5.56. The second kappa shape index (κ2) is 10.1. The van der Waals surface area contributed by atoms with Crippen molar-refractivity contribution in [2.75, 3.05) is 23.9 Å². The smallest absolute Gasteiger partial charge is 0.416 e. The Bertz CT molecular complexity index is 1190. The maximum absolute atomic E-state index is 13.1. The molecular formula is C26H24F3N3O3. The van der Waals surface area contributed by atoms with Gasteiger partial charge in [0.05, 0.1) is 12.7 Å². The van der Waals surface area contributed by atoms with Gasteiger partial charge in [-0.25, -0.2) is 4.79 Å². The van der Waals surface area contributed by atoms with Gasteiger partial charge in [-0.3, -0.25) is 4.79 Å². The number of hydrogen-bond acceptors (Lipinski definition) is 3. The van der Waals surface area contributed by atoms with Gasteiger partial charge in [-0.1, -0.05) is 30.3 Å². The van der Waals surface area contributed by atoms with Crippen LogP contribution in [0.4, 0.5) is 29.3 Å². The van der Waals surface area contributed by atoms with Crippen molar-refractivity contribution in [3.8, 4) is 16.9 Å². The third-order valence-corrected chi connectivity index (χ3v) is 5.81. The van der Waals surface area contributed by atoms with Crippen LogP contribution in [0.5, 0.6) is 5.75 Å². The van der Waals surface area contributed by atoms with Crippen LogP contribution in [-0.4, -0.2) is 31.6 Å². The van der Waals surface area contributed by atoms with Crippen molar-refractivity contribution in [3.05, 3.63) is 78.4 Å². The van der Waals surface area contributed by atoms with Crippen LogP contribution in [0.2, 0.25) is 0 Å². The van der Waals surface area contributed by atoms with Crippen LogP contribution < -0.4 is 20.3 Å². The van der Waals surface area contributed by atoms with Crippen LogP contribution in [0.15, 0.2) is 72.8 Å². The molecule has 0 bridgehead atoms. The van der Waals surface area contributed by atoms with E-state index in [1.165, 1.54) is 12.1 Å². The quantitative estimate of drug-likeness (QED) is 0.489. The van der Waals surface area contributed by atoms with Gasteiger partial charge >= 0.3 is 12.2 Å². The lowest BCUT2D eigenvalue weighted by atomic mass is 10.0. The molecule has 182 valence electrons. The minimum absolute atomic E-state index is 0.197. The number of piperidine rings is 1. The number of methoxy groups -OCH3 is 1. The number of carbonyl (C=O) groups excluding carboxylic acids is 2. The molecule has 1 aliphatic rings. The fourth-order valence-electron chi connectivity index (χ4n) is 4.04. The highest BCUT2D eigenvalue weighted by molar-refractivity contribution is 6.01. The normalized spacial score (nSPS) is 16.1. The zero-order valence-electron chi connectivity index (χ0n) is 18.9. The Hall–Kier alpha value is -4.01. The van der Waals surface area contributed by atoms with E-state index in [2.05, 4.69) is 10.6 Å². The number of nitrogens with zero attached hydrogens (tertiary/aromatic N) is 1. The molecule has 9 heteroatoms. The Morgan fingerprint density at radius 2 is 1.69 bits per heavy atom. The Kier molecular flexibility index (Phi) is 6.95. The number of alkyl halides is 3. The van der Waals surface area contributed by atoms with Crippen LogP contribution in [0.1, 0.15) is 18.4 Å². The van der Waals surface area contributed by atoms with Gasteiger partial charge < -0.3 is 20.3 Å². The van der Waals surface area contributed by atoms with Gasteiger partial charge in [-0.05, 0) is 60.9 Å². The van der Waals surface area contributed by atoms with Crippen LogP contribution in [0, 0.1) is 0 Å². The summed E-state index contributed by atoms with van der Waals surface area (Å²) in [7, 11) is 1.61. The lowest BCUT2D eigenvalue weighted by Gasteiger charge is -2.32. The summed E-state index contributed by atoms with van der Waals surface area (Å²) >= 11 is 0. The lowest BCUT2D eigenvalue weighted by molar-refractivity contribution is -0.137. The van der Waals surface area contributed by atoms with Crippen LogP contribution in [-0.2, 0) is 11.0 Å². The number of para-hydroxylation sites is 1. The number of anilines is 2. The van der Waals surface area contributed by atoms with Crippen molar-refractivity contribution in [2.24, 2.45) is 0 Å². The van der Waals surface area contributed by atoms with E-state index in [9.17, 15) is 22.8 Å². The average Bonchev–Trinajstić information content (AvgIpc) is 2.85. The zero-order valence-corrected chi connectivity index (χ0v) is 18.9. The van der Waals surface area contributed by atoms with Gasteiger partial charge in [0, 0.05) is 23.5 Å². The van der Waals surface area contributed by atoms with E-state index in [-0.39, 0.29) is 11.6 Å². The average molecular weight is 483 g/mol. The molecule has 1 heterocycles. The molecule has 3 aromatic carbocycles. The summed E-state index contributed by atoms with van der Waals surface area (Å²) in [4.78, 5) is 27.1. The van der Waals surface area contributed by atoms with Crippen LogP contribution in [0.3, 0.4) is 0 Å².